The first-order valence-electron chi connectivity index (χ1n) is 6.76. The molecule has 0 heterocycles. The molecule has 2 rings (SSSR count). The zero-order valence-electron chi connectivity index (χ0n) is 11.1. The first kappa shape index (κ1) is 13.4. The van der Waals surface area contributed by atoms with E-state index in [2.05, 4.69) is 12.1 Å². The lowest BCUT2D eigenvalue weighted by Gasteiger charge is -2.13. The maximum absolute atomic E-state index is 6.14. The SMILES string of the molecule is COCCOc1ccccc1CCC(N)C1CC1. The van der Waals surface area contributed by atoms with Crippen LogP contribution in [-0.2, 0) is 11.2 Å². The number of ether oxygens (including phenoxy) is 2. The molecule has 0 saturated heterocycles. The van der Waals surface area contributed by atoms with Crippen LogP contribution in [-0.4, -0.2) is 26.4 Å². The number of aryl methyl sites for hydroxylation is 1. The molecule has 1 aliphatic rings. The quantitative estimate of drug-likeness (QED) is 0.719. The van der Waals surface area contributed by atoms with Crippen molar-refractivity contribution in [2.45, 2.75) is 31.7 Å². The third-order valence-electron chi connectivity index (χ3n) is 3.49. The zero-order chi connectivity index (χ0) is 12.8. The molecule has 3 heteroatoms. The second kappa shape index (κ2) is 6.76. The summed E-state index contributed by atoms with van der Waals surface area (Å²) in [5, 5.41) is 0. The topological polar surface area (TPSA) is 44.5 Å². The van der Waals surface area contributed by atoms with Gasteiger partial charge in [0.15, 0.2) is 0 Å². The Morgan fingerprint density at radius 2 is 2.06 bits per heavy atom. The summed E-state index contributed by atoms with van der Waals surface area (Å²) in [6.45, 7) is 1.22. The molecule has 1 saturated carbocycles. The average molecular weight is 249 g/mol. The van der Waals surface area contributed by atoms with Gasteiger partial charge in [-0.25, -0.2) is 0 Å². The van der Waals surface area contributed by atoms with Crippen molar-refractivity contribution in [1.29, 1.82) is 0 Å². The van der Waals surface area contributed by atoms with Gasteiger partial charge in [-0.2, -0.15) is 0 Å². The Balaban J connectivity index is 1.85. The van der Waals surface area contributed by atoms with Gasteiger partial charge in [0.2, 0.25) is 0 Å². The van der Waals surface area contributed by atoms with Crippen molar-refractivity contribution < 1.29 is 9.47 Å². The minimum Gasteiger partial charge on any atom is -0.491 e. The molecule has 0 spiro atoms. The summed E-state index contributed by atoms with van der Waals surface area (Å²) >= 11 is 0. The third-order valence-corrected chi connectivity index (χ3v) is 3.49. The van der Waals surface area contributed by atoms with Crippen LogP contribution in [0, 0.1) is 5.92 Å². The van der Waals surface area contributed by atoms with E-state index in [-0.39, 0.29) is 0 Å². The van der Waals surface area contributed by atoms with Crippen molar-refractivity contribution >= 4 is 0 Å². The number of para-hydroxylation sites is 1. The van der Waals surface area contributed by atoms with E-state index >= 15 is 0 Å². The molecular weight excluding hydrogens is 226 g/mol. The first-order valence-corrected chi connectivity index (χ1v) is 6.76. The number of nitrogens with two attached hydrogens (primary N) is 1. The van der Waals surface area contributed by atoms with Gasteiger partial charge in [-0.15, -0.1) is 0 Å². The molecule has 1 atom stereocenters. The van der Waals surface area contributed by atoms with Crippen molar-refractivity contribution in [2.24, 2.45) is 11.7 Å². The van der Waals surface area contributed by atoms with Crippen molar-refractivity contribution in [3.8, 4) is 5.75 Å². The predicted molar refractivity (Wildman–Crippen MR) is 72.8 cm³/mol. The van der Waals surface area contributed by atoms with E-state index in [0.29, 0.717) is 19.3 Å². The van der Waals surface area contributed by atoms with Crippen LogP contribution in [0.15, 0.2) is 24.3 Å². The molecule has 2 N–H and O–H groups in total. The lowest BCUT2D eigenvalue weighted by Crippen LogP contribution is -2.23. The second-order valence-electron chi connectivity index (χ2n) is 4.99. The van der Waals surface area contributed by atoms with Gasteiger partial charge in [0.1, 0.15) is 12.4 Å². The maximum Gasteiger partial charge on any atom is 0.122 e. The van der Waals surface area contributed by atoms with Gasteiger partial charge in [-0.1, -0.05) is 18.2 Å². The average Bonchev–Trinajstić information content (AvgIpc) is 3.22. The Labute approximate surface area is 109 Å². The number of benzene rings is 1. The van der Waals surface area contributed by atoms with Gasteiger partial charge in [0.25, 0.3) is 0 Å². The van der Waals surface area contributed by atoms with Crippen LogP contribution in [0.4, 0.5) is 0 Å². The molecule has 1 aromatic rings. The van der Waals surface area contributed by atoms with E-state index in [1.54, 1.807) is 7.11 Å². The highest BCUT2D eigenvalue weighted by molar-refractivity contribution is 5.33. The van der Waals surface area contributed by atoms with Crippen molar-refractivity contribution in [1.82, 2.24) is 0 Å². The summed E-state index contributed by atoms with van der Waals surface area (Å²) in [6.07, 6.45) is 4.68. The van der Waals surface area contributed by atoms with E-state index in [9.17, 15) is 0 Å². The fourth-order valence-corrected chi connectivity index (χ4v) is 2.17. The minimum absolute atomic E-state index is 0.358. The van der Waals surface area contributed by atoms with E-state index in [1.807, 2.05) is 12.1 Å². The third kappa shape index (κ3) is 4.00. The summed E-state index contributed by atoms with van der Waals surface area (Å²) in [5.74, 6) is 1.74. The molecule has 0 aromatic heterocycles. The molecule has 0 radical (unpaired) electrons. The summed E-state index contributed by atoms with van der Waals surface area (Å²) < 4.78 is 10.7. The molecule has 18 heavy (non-hydrogen) atoms. The largest absolute Gasteiger partial charge is 0.491 e. The Hall–Kier alpha value is -1.06. The molecule has 1 unspecified atom stereocenters. The van der Waals surface area contributed by atoms with Crippen LogP contribution >= 0.6 is 0 Å². The summed E-state index contributed by atoms with van der Waals surface area (Å²) in [4.78, 5) is 0. The molecule has 1 fully saturated rings. The Bertz CT molecular complexity index is 363. The summed E-state index contributed by atoms with van der Waals surface area (Å²) in [7, 11) is 1.68. The first-order chi connectivity index (χ1) is 8.81. The van der Waals surface area contributed by atoms with Crippen molar-refractivity contribution in [2.75, 3.05) is 20.3 Å². The molecule has 3 nitrogen and oxygen atoms in total. The Kier molecular flexibility index (Phi) is 5.02. The van der Waals surface area contributed by atoms with E-state index in [4.69, 9.17) is 15.2 Å². The number of rotatable bonds is 8. The predicted octanol–water partition coefficient (Wildman–Crippen LogP) is 2.38. The van der Waals surface area contributed by atoms with Crippen LogP contribution in [0.25, 0.3) is 0 Å². The van der Waals surface area contributed by atoms with Crippen molar-refractivity contribution in [3.63, 3.8) is 0 Å². The fourth-order valence-electron chi connectivity index (χ4n) is 2.17. The Morgan fingerprint density at radius 3 is 2.78 bits per heavy atom. The molecular formula is C15H23NO2. The van der Waals surface area contributed by atoms with Crippen LogP contribution < -0.4 is 10.5 Å². The van der Waals surface area contributed by atoms with Gasteiger partial charge in [-0.3, -0.25) is 0 Å². The van der Waals surface area contributed by atoms with E-state index < -0.39 is 0 Å². The molecule has 0 aliphatic heterocycles. The number of methoxy groups -OCH3 is 1. The van der Waals surface area contributed by atoms with Gasteiger partial charge >= 0.3 is 0 Å². The molecule has 0 amide bonds. The van der Waals surface area contributed by atoms with E-state index in [0.717, 1.165) is 24.5 Å². The summed E-state index contributed by atoms with van der Waals surface area (Å²) in [6, 6.07) is 8.57. The zero-order valence-corrected chi connectivity index (χ0v) is 11.1. The highest BCUT2D eigenvalue weighted by atomic mass is 16.5. The minimum atomic E-state index is 0.358. The number of hydrogen-bond donors (Lipinski definition) is 1. The van der Waals surface area contributed by atoms with Gasteiger partial charge < -0.3 is 15.2 Å². The normalized spacial score (nSPS) is 16.6. The van der Waals surface area contributed by atoms with E-state index in [1.165, 1.54) is 18.4 Å². The highest BCUT2D eigenvalue weighted by Crippen LogP contribution is 2.33. The molecule has 100 valence electrons. The molecule has 0 bridgehead atoms. The molecule has 1 aromatic carbocycles. The van der Waals surface area contributed by atoms with Crippen LogP contribution in [0.5, 0.6) is 5.75 Å². The van der Waals surface area contributed by atoms with Gasteiger partial charge in [-0.05, 0) is 43.2 Å². The van der Waals surface area contributed by atoms with Gasteiger partial charge in [0.05, 0.1) is 6.61 Å². The van der Waals surface area contributed by atoms with Gasteiger partial charge in [0, 0.05) is 13.2 Å². The van der Waals surface area contributed by atoms with Crippen LogP contribution in [0.2, 0.25) is 0 Å². The number of hydrogen-bond acceptors (Lipinski definition) is 3. The maximum atomic E-state index is 6.14. The lowest BCUT2D eigenvalue weighted by molar-refractivity contribution is 0.145. The standard InChI is InChI=1S/C15H23NO2/c1-17-10-11-18-15-5-3-2-4-13(15)8-9-14(16)12-6-7-12/h2-5,12,14H,6-11,16H2,1H3. The second-order valence-corrected chi connectivity index (χ2v) is 4.99. The van der Waals surface area contributed by atoms with Crippen molar-refractivity contribution in [3.05, 3.63) is 29.8 Å². The monoisotopic (exact) mass is 249 g/mol. The summed E-state index contributed by atoms with van der Waals surface area (Å²) in [5.41, 5.74) is 7.39. The smallest absolute Gasteiger partial charge is 0.122 e. The van der Waals surface area contributed by atoms with Crippen LogP contribution in [0.1, 0.15) is 24.8 Å². The lowest BCUT2D eigenvalue weighted by atomic mass is 10.0. The highest BCUT2D eigenvalue weighted by Gasteiger charge is 2.28. The van der Waals surface area contributed by atoms with Crippen LogP contribution in [0.3, 0.4) is 0 Å². The Morgan fingerprint density at radius 1 is 1.28 bits per heavy atom. The molecule has 1 aliphatic carbocycles. The fraction of sp³-hybridized carbons (Fsp3) is 0.600.